The van der Waals surface area contributed by atoms with Crippen molar-refractivity contribution in [1.29, 1.82) is 0 Å². The number of carbonyl (C=O) groups excluding carboxylic acids is 1. The molecule has 0 amide bonds. The zero-order valence-corrected chi connectivity index (χ0v) is 13.3. The zero-order chi connectivity index (χ0) is 17.3. The molecule has 122 valence electrons. The van der Waals surface area contributed by atoms with Gasteiger partial charge in [0.25, 0.3) is 5.56 Å². The van der Waals surface area contributed by atoms with E-state index in [0.29, 0.717) is 11.4 Å². The highest BCUT2D eigenvalue weighted by molar-refractivity contribution is 6.00. The van der Waals surface area contributed by atoms with E-state index in [1.54, 1.807) is 19.9 Å². The number of ether oxygens (including phenoxy) is 1. The Labute approximate surface area is 137 Å². The molecule has 24 heavy (non-hydrogen) atoms. The van der Waals surface area contributed by atoms with Gasteiger partial charge in [-0.2, -0.15) is 0 Å². The predicted molar refractivity (Wildman–Crippen MR) is 90.2 cm³/mol. The lowest BCUT2D eigenvalue weighted by Gasteiger charge is -2.10. The summed E-state index contributed by atoms with van der Waals surface area (Å²) in [7, 11) is 0. The van der Waals surface area contributed by atoms with Crippen LogP contribution in [0, 0.1) is 6.92 Å². The van der Waals surface area contributed by atoms with Crippen LogP contribution in [0.4, 0.5) is 0 Å². The fourth-order valence-corrected chi connectivity index (χ4v) is 2.62. The number of esters is 1. The first-order chi connectivity index (χ1) is 11.5. The first-order valence-corrected chi connectivity index (χ1v) is 7.52. The van der Waals surface area contributed by atoms with Crippen molar-refractivity contribution in [3.63, 3.8) is 0 Å². The van der Waals surface area contributed by atoms with Crippen LogP contribution >= 0.6 is 0 Å². The van der Waals surface area contributed by atoms with E-state index in [-0.39, 0.29) is 28.8 Å². The Kier molecular flexibility index (Phi) is 4.04. The molecule has 0 atom stereocenters. The molecule has 3 aromatic rings. The van der Waals surface area contributed by atoms with Crippen LogP contribution in [0.3, 0.4) is 0 Å². The molecule has 0 spiro atoms. The summed E-state index contributed by atoms with van der Waals surface area (Å²) in [6.07, 6.45) is 0. The Morgan fingerprint density at radius 2 is 2.00 bits per heavy atom. The SMILES string of the molecule is CCOC(=O)c1[nH]c(=O)c2c(C)nc(-c3ccccc3)cc2c1O. The minimum absolute atomic E-state index is 0.142. The van der Waals surface area contributed by atoms with Crippen LogP contribution in [0.25, 0.3) is 22.0 Å². The number of aromatic nitrogens is 2. The number of hydrogen-bond acceptors (Lipinski definition) is 5. The predicted octanol–water partition coefficient (Wildman–Crippen LogP) is 2.78. The maximum Gasteiger partial charge on any atom is 0.358 e. The number of nitrogens with one attached hydrogen (secondary N) is 1. The van der Waals surface area contributed by atoms with E-state index in [4.69, 9.17) is 4.74 Å². The standard InChI is InChI=1S/C18H16N2O4/c1-3-24-18(23)15-16(21)12-9-13(11-7-5-4-6-8-11)19-10(2)14(12)17(22)20-15/h4-9,21H,3H2,1-2H3,(H,20,22). The van der Waals surface area contributed by atoms with Gasteiger partial charge in [-0.1, -0.05) is 30.3 Å². The van der Waals surface area contributed by atoms with Crippen LogP contribution in [-0.2, 0) is 4.74 Å². The number of H-pyrrole nitrogens is 1. The van der Waals surface area contributed by atoms with Gasteiger partial charge in [-0.25, -0.2) is 4.79 Å². The quantitative estimate of drug-likeness (QED) is 0.723. The van der Waals surface area contributed by atoms with Crippen LogP contribution in [0.5, 0.6) is 5.75 Å². The van der Waals surface area contributed by atoms with E-state index in [0.717, 1.165) is 5.56 Å². The second-order valence-electron chi connectivity index (χ2n) is 5.28. The zero-order valence-electron chi connectivity index (χ0n) is 13.3. The lowest BCUT2D eigenvalue weighted by atomic mass is 10.0. The minimum atomic E-state index is -0.773. The Balaban J connectivity index is 2.30. The average molecular weight is 324 g/mol. The first kappa shape index (κ1) is 15.7. The normalized spacial score (nSPS) is 10.8. The number of benzene rings is 1. The highest BCUT2D eigenvalue weighted by Gasteiger charge is 2.20. The molecule has 6 heteroatoms. The van der Waals surface area contributed by atoms with E-state index >= 15 is 0 Å². The van der Waals surface area contributed by atoms with Crippen molar-refractivity contribution < 1.29 is 14.6 Å². The lowest BCUT2D eigenvalue weighted by molar-refractivity contribution is 0.0516. The van der Waals surface area contributed by atoms with Crippen molar-refractivity contribution in [3.05, 3.63) is 58.1 Å². The molecular weight excluding hydrogens is 308 g/mol. The molecule has 2 heterocycles. The molecule has 0 aliphatic rings. The minimum Gasteiger partial charge on any atom is -0.505 e. The van der Waals surface area contributed by atoms with Gasteiger partial charge in [-0.15, -0.1) is 0 Å². The summed E-state index contributed by atoms with van der Waals surface area (Å²) in [4.78, 5) is 31.1. The number of rotatable bonds is 3. The van der Waals surface area contributed by atoms with Gasteiger partial charge in [0.1, 0.15) is 0 Å². The summed E-state index contributed by atoms with van der Waals surface area (Å²) in [5, 5.41) is 11.0. The molecular formula is C18H16N2O4. The molecule has 3 rings (SSSR count). The molecule has 0 saturated heterocycles. The van der Waals surface area contributed by atoms with E-state index < -0.39 is 11.5 Å². The van der Waals surface area contributed by atoms with Crippen molar-refractivity contribution in [2.75, 3.05) is 6.61 Å². The van der Waals surface area contributed by atoms with Crippen LogP contribution in [-0.4, -0.2) is 27.7 Å². The number of nitrogens with zero attached hydrogens (tertiary/aromatic N) is 1. The Morgan fingerprint density at radius 1 is 1.29 bits per heavy atom. The molecule has 2 N–H and O–H groups in total. The molecule has 0 bridgehead atoms. The summed E-state index contributed by atoms with van der Waals surface area (Å²) in [5.41, 5.74) is 1.18. The van der Waals surface area contributed by atoms with E-state index in [1.165, 1.54) is 0 Å². The highest BCUT2D eigenvalue weighted by atomic mass is 16.5. The van der Waals surface area contributed by atoms with Gasteiger partial charge in [0.2, 0.25) is 0 Å². The third kappa shape index (κ3) is 2.62. The summed E-state index contributed by atoms with van der Waals surface area (Å²) in [5.74, 6) is -1.09. The molecule has 0 unspecified atom stereocenters. The number of aryl methyl sites for hydroxylation is 1. The number of carbonyl (C=O) groups is 1. The second-order valence-corrected chi connectivity index (χ2v) is 5.28. The monoisotopic (exact) mass is 324 g/mol. The second kappa shape index (κ2) is 6.16. The van der Waals surface area contributed by atoms with Crippen molar-refractivity contribution in [2.24, 2.45) is 0 Å². The van der Waals surface area contributed by atoms with Gasteiger partial charge in [0, 0.05) is 10.9 Å². The molecule has 0 aliphatic carbocycles. The van der Waals surface area contributed by atoms with Crippen molar-refractivity contribution >= 4 is 16.7 Å². The van der Waals surface area contributed by atoms with Crippen molar-refractivity contribution in [2.45, 2.75) is 13.8 Å². The number of aromatic hydroxyl groups is 1. The van der Waals surface area contributed by atoms with Gasteiger partial charge in [-0.3, -0.25) is 9.78 Å². The third-order valence-corrected chi connectivity index (χ3v) is 3.71. The van der Waals surface area contributed by atoms with Gasteiger partial charge >= 0.3 is 5.97 Å². The fraction of sp³-hybridized carbons (Fsp3) is 0.167. The summed E-state index contributed by atoms with van der Waals surface area (Å²) >= 11 is 0. The number of fused-ring (bicyclic) bond motifs is 1. The fourth-order valence-electron chi connectivity index (χ4n) is 2.62. The average Bonchev–Trinajstić information content (AvgIpc) is 2.58. The summed E-state index contributed by atoms with van der Waals surface area (Å²) in [6, 6.07) is 11.0. The van der Waals surface area contributed by atoms with Crippen molar-refractivity contribution in [1.82, 2.24) is 9.97 Å². The van der Waals surface area contributed by atoms with Gasteiger partial charge in [0.15, 0.2) is 11.4 Å². The van der Waals surface area contributed by atoms with Crippen molar-refractivity contribution in [3.8, 4) is 17.0 Å². The Bertz CT molecular complexity index is 978. The number of hydrogen-bond donors (Lipinski definition) is 2. The highest BCUT2D eigenvalue weighted by Crippen LogP contribution is 2.30. The van der Waals surface area contributed by atoms with Gasteiger partial charge in [0.05, 0.1) is 23.4 Å². The first-order valence-electron chi connectivity index (χ1n) is 7.52. The van der Waals surface area contributed by atoms with E-state index in [1.807, 2.05) is 30.3 Å². The molecule has 0 fully saturated rings. The topological polar surface area (TPSA) is 92.3 Å². The smallest absolute Gasteiger partial charge is 0.358 e. The lowest BCUT2D eigenvalue weighted by Crippen LogP contribution is -2.17. The molecule has 1 aromatic carbocycles. The summed E-state index contributed by atoms with van der Waals surface area (Å²) in [6.45, 7) is 3.48. The van der Waals surface area contributed by atoms with Crippen LogP contribution in [0.15, 0.2) is 41.2 Å². The number of aromatic amines is 1. The summed E-state index contributed by atoms with van der Waals surface area (Å²) < 4.78 is 4.87. The Hall–Kier alpha value is -3.15. The van der Waals surface area contributed by atoms with E-state index in [9.17, 15) is 14.7 Å². The van der Waals surface area contributed by atoms with Crippen LogP contribution in [0.2, 0.25) is 0 Å². The molecule has 6 nitrogen and oxygen atoms in total. The molecule has 0 saturated carbocycles. The van der Waals surface area contributed by atoms with Crippen LogP contribution in [0.1, 0.15) is 23.1 Å². The number of pyridine rings is 2. The van der Waals surface area contributed by atoms with E-state index in [2.05, 4.69) is 9.97 Å². The maximum atomic E-state index is 12.3. The van der Waals surface area contributed by atoms with Crippen LogP contribution < -0.4 is 5.56 Å². The van der Waals surface area contributed by atoms with Gasteiger partial charge in [-0.05, 0) is 19.9 Å². The molecule has 0 aliphatic heterocycles. The molecule has 0 radical (unpaired) electrons. The largest absolute Gasteiger partial charge is 0.505 e. The maximum absolute atomic E-state index is 12.3. The molecule has 2 aromatic heterocycles. The van der Waals surface area contributed by atoms with Gasteiger partial charge < -0.3 is 14.8 Å². The Morgan fingerprint density at radius 3 is 2.67 bits per heavy atom. The third-order valence-electron chi connectivity index (χ3n) is 3.71.